The Kier molecular flexibility index (Phi) is 6.35. The van der Waals surface area contributed by atoms with Gasteiger partial charge in [-0.2, -0.15) is 0 Å². The first-order valence-corrected chi connectivity index (χ1v) is 9.95. The first kappa shape index (κ1) is 20.3. The molecule has 0 unspecified atom stereocenters. The normalized spacial score (nSPS) is 16.5. The second kappa shape index (κ2) is 8.74. The number of ether oxygens (including phenoxy) is 2. The molecule has 1 saturated heterocycles. The van der Waals surface area contributed by atoms with Crippen molar-refractivity contribution in [1.29, 1.82) is 0 Å². The lowest BCUT2D eigenvalue weighted by Gasteiger charge is -2.14. The summed E-state index contributed by atoms with van der Waals surface area (Å²) < 4.78 is 13.1. The van der Waals surface area contributed by atoms with Crippen LogP contribution in [0, 0.1) is 13.8 Å². The van der Waals surface area contributed by atoms with Gasteiger partial charge in [-0.3, -0.25) is 4.79 Å². The topological polar surface area (TPSA) is 57.5 Å². The number of rotatable bonds is 7. The molecule has 0 spiro atoms. The van der Waals surface area contributed by atoms with E-state index < -0.39 is 5.97 Å². The molecule has 1 aromatic carbocycles. The summed E-state index contributed by atoms with van der Waals surface area (Å²) in [6, 6.07) is 9.20. The van der Waals surface area contributed by atoms with Gasteiger partial charge in [0.1, 0.15) is 0 Å². The molecule has 0 aliphatic carbocycles. The monoisotopic (exact) mass is 383 g/mol. The Balaban J connectivity index is 1.62. The summed E-state index contributed by atoms with van der Waals surface area (Å²) in [5.74, 6) is -0.257. The number of ketones is 1. The smallest absolute Gasteiger partial charge is 0.338 e. The predicted molar refractivity (Wildman–Crippen MR) is 108 cm³/mol. The van der Waals surface area contributed by atoms with Crippen molar-refractivity contribution in [2.75, 3.05) is 13.2 Å². The fourth-order valence-corrected chi connectivity index (χ4v) is 3.65. The molecule has 1 aliphatic heterocycles. The summed E-state index contributed by atoms with van der Waals surface area (Å²) in [4.78, 5) is 24.9. The maximum Gasteiger partial charge on any atom is 0.338 e. The van der Waals surface area contributed by atoms with E-state index in [1.54, 1.807) is 12.1 Å². The largest absolute Gasteiger partial charge is 0.454 e. The van der Waals surface area contributed by atoms with E-state index in [2.05, 4.69) is 18.4 Å². The van der Waals surface area contributed by atoms with E-state index >= 15 is 0 Å². The summed E-state index contributed by atoms with van der Waals surface area (Å²) in [6.45, 7) is 9.43. The van der Waals surface area contributed by atoms with Crippen molar-refractivity contribution in [3.05, 3.63) is 58.4 Å². The third-order valence-electron chi connectivity index (χ3n) is 5.43. The van der Waals surface area contributed by atoms with Crippen LogP contribution in [-0.2, 0) is 16.0 Å². The fraction of sp³-hybridized carbons (Fsp3) is 0.478. The standard InChI is InChI=1S/C23H29NO4/c1-15(2)18-7-9-19(10-8-18)23(26)28-14-22(25)21-12-16(3)24(17(21)4)13-20-6-5-11-27-20/h7-10,12,15,20H,5-6,11,13-14H2,1-4H3/t20-/m0/s1. The SMILES string of the molecule is Cc1cc(C(=O)COC(=O)c2ccc(C(C)C)cc2)c(C)n1C[C@@H]1CCCO1. The highest BCUT2D eigenvalue weighted by Crippen LogP contribution is 2.21. The molecule has 2 aromatic rings. The summed E-state index contributed by atoms with van der Waals surface area (Å²) in [6.07, 6.45) is 2.34. The van der Waals surface area contributed by atoms with Crippen LogP contribution in [0.4, 0.5) is 0 Å². The minimum absolute atomic E-state index is 0.182. The number of carbonyl (C=O) groups excluding carboxylic acids is 2. The highest BCUT2D eigenvalue weighted by molar-refractivity contribution is 6.00. The summed E-state index contributed by atoms with van der Waals surface area (Å²) in [5, 5.41) is 0. The average molecular weight is 383 g/mol. The Labute approximate surface area is 166 Å². The van der Waals surface area contributed by atoms with E-state index in [9.17, 15) is 9.59 Å². The van der Waals surface area contributed by atoms with Gasteiger partial charge in [-0.15, -0.1) is 0 Å². The number of nitrogens with zero attached hydrogens (tertiary/aromatic N) is 1. The molecule has 1 atom stereocenters. The third-order valence-corrected chi connectivity index (χ3v) is 5.43. The molecule has 5 heteroatoms. The first-order chi connectivity index (χ1) is 13.4. The Hall–Kier alpha value is -2.40. The number of hydrogen-bond acceptors (Lipinski definition) is 4. The molecule has 0 radical (unpaired) electrons. The van der Waals surface area contributed by atoms with E-state index in [-0.39, 0.29) is 18.5 Å². The van der Waals surface area contributed by atoms with Gasteiger partial charge in [0.2, 0.25) is 5.78 Å². The van der Waals surface area contributed by atoms with Crippen LogP contribution in [-0.4, -0.2) is 35.6 Å². The van der Waals surface area contributed by atoms with Crippen LogP contribution in [0.1, 0.15) is 70.3 Å². The van der Waals surface area contributed by atoms with Gasteiger partial charge < -0.3 is 14.0 Å². The number of Topliss-reactive ketones (excluding diaryl/α,β-unsaturated/α-hetero) is 1. The van der Waals surface area contributed by atoms with Crippen molar-refractivity contribution in [3.8, 4) is 0 Å². The van der Waals surface area contributed by atoms with E-state index in [0.717, 1.165) is 42.9 Å². The third kappa shape index (κ3) is 4.53. The Morgan fingerprint density at radius 3 is 2.54 bits per heavy atom. The number of esters is 1. The van der Waals surface area contributed by atoms with Crippen LogP contribution < -0.4 is 0 Å². The molecule has 28 heavy (non-hydrogen) atoms. The van der Waals surface area contributed by atoms with Gasteiger partial charge in [0.25, 0.3) is 0 Å². The molecule has 0 amide bonds. The molecule has 150 valence electrons. The Bertz CT molecular complexity index is 842. The van der Waals surface area contributed by atoms with Crippen LogP contribution in [0.25, 0.3) is 0 Å². The van der Waals surface area contributed by atoms with Gasteiger partial charge in [0.15, 0.2) is 6.61 Å². The predicted octanol–water partition coefficient (Wildman–Crippen LogP) is 4.45. The molecule has 5 nitrogen and oxygen atoms in total. The van der Waals surface area contributed by atoms with Gasteiger partial charge >= 0.3 is 5.97 Å². The van der Waals surface area contributed by atoms with Crippen LogP contribution in [0.3, 0.4) is 0 Å². The highest BCUT2D eigenvalue weighted by Gasteiger charge is 2.22. The summed E-state index contributed by atoms with van der Waals surface area (Å²) in [5.41, 5.74) is 4.15. The van der Waals surface area contributed by atoms with Crippen molar-refractivity contribution in [3.63, 3.8) is 0 Å². The van der Waals surface area contributed by atoms with E-state index in [1.165, 1.54) is 0 Å². The minimum Gasteiger partial charge on any atom is -0.454 e. The molecule has 1 aromatic heterocycles. The van der Waals surface area contributed by atoms with Crippen molar-refractivity contribution in [2.24, 2.45) is 0 Å². The van der Waals surface area contributed by atoms with Gasteiger partial charge in [0.05, 0.1) is 11.7 Å². The number of carbonyl (C=O) groups is 2. The van der Waals surface area contributed by atoms with Crippen molar-refractivity contribution in [2.45, 2.75) is 59.1 Å². The molecule has 3 rings (SSSR count). The van der Waals surface area contributed by atoms with Gasteiger partial charge in [0, 0.05) is 30.1 Å². The van der Waals surface area contributed by atoms with Gasteiger partial charge in [-0.25, -0.2) is 4.79 Å². The van der Waals surface area contributed by atoms with Crippen LogP contribution >= 0.6 is 0 Å². The molecular formula is C23H29NO4. The Morgan fingerprint density at radius 1 is 1.21 bits per heavy atom. The minimum atomic E-state index is -0.475. The van der Waals surface area contributed by atoms with Crippen molar-refractivity contribution in [1.82, 2.24) is 4.57 Å². The number of aromatic nitrogens is 1. The molecule has 1 fully saturated rings. The van der Waals surface area contributed by atoms with E-state index in [0.29, 0.717) is 17.0 Å². The zero-order chi connectivity index (χ0) is 20.3. The summed E-state index contributed by atoms with van der Waals surface area (Å²) in [7, 11) is 0. The molecular weight excluding hydrogens is 354 g/mol. The Morgan fingerprint density at radius 2 is 1.93 bits per heavy atom. The van der Waals surface area contributed by atoms with Gasteiger partial charge in [-0.1, -0.05) is 26.0 Å². The maximum absolute atomic E-state index is 12.6. The van der Waals surface area contributed by atoms with E-state index in [4.69, 9.17) is 9.47 Å². The highest BCUT2D eigenvalue weighted by atomic mass is 16.5. The van der Waals surface area contributed by atoms with Gasteiger partial charge in [-0.05, 0) is 56.4 Å². The lowest BCUT2D eigenvalue weighted by molar-refractivity contribution is 0.0474. The second-order valence-corrected chi connectivity index (χ2v) is 7.81. The zero-order valence-electron chi connectivity index (χ0n) is 17.2. The molecule has 0 N–H and O–H groups in total. The lowest BCUT2D eigenvalue weighted by Crippen LogP contribution is -2.18. The van der Waals surface area contributed by atoms with Crippen molar-refractivity contribution < 1.29 is 19.1 Å². The summed E-state index contributed by atoms with van der Waals surface area (Å²) >= 11 is 0. The van der Waals surface area contributed by atoms with Crippen molar-refractivity contribution >= 4 is 11.8 Å². The average Bonchev–Trinajstić information content (AvgIpc) is 3.29. The maximum atomic E-state index is 12.6. The number of benzene rings is 1. The molecule has 0 bridgehead atoms. The molecule has 1 aliphatic rings. The van der Waals surface area contributed by atoms with Crippen LogP contribution in [0.15, 0.2) is 30.3 Å². The second-order valence-electron chi connectivity index (χ2n) is 7.81. The quantitative estimate of drug-likeness (QED) is 0.524. The first-order valence-electron chi connectivity index (χ1n) is 9.95. The van der Waals surface area contributed by atoms with E-state index in [1.807, 2.05) is 32.0 Å². The number of hydrogen-bond donors (Lipinski definition) is 0. The zero-order valence-corrected chi connectivity index (χ0v) is 17.2. The molecule has 0 saturated carbocycles. The molecule has 2 heterocycles. The van der Waals surface area contributed by atoms with Crippen LogP contribution in [0.2, 0.25) is 0 Å². The number of aryl methyl sites for hydroxylation is 1. The fourth-order valence-electron chi connectivity index (χ4n) is 3.65. The van der Waals surface area contributed by atoms with Crippen LogP contribution in [0.5, 0.6) is 0 Å². The lowest BCUT2D eigenvalue weighted by atomic mass is 10.0.